The first-order valence-electron chi connectivity index (χ1n) is 7.19. The average Bonchev–Trinajstić information content (AvgIpc) is 2.77. The van der Waals surface area contributed by atoms with Gasteiger partial charge in [-0.2, -0.15) is 0 Å². The van der Waals surface area contributed by atoms with E-state index in [4.69, 9.17) is 11.1 Å². The molecule has 3 N–H and O–H groups in total. The van der Waals surface area contributed by atoms with E-state index in [0.29, 0.717) is 0 Å². The molecule has 1 aliphatic heterocycles. The fourth-order valence-corrected chi connectivity index (χ4v) is 3.12. The van der Waals surface area contributed by atoms with E-state index in [2.05, 4.69) is 43.0 Å². The van der Waals surface area contributed by atoms with Crippen LogP contribution in [0.4, 0.5) is 5.69 Å². The molecular formula is C17H21N3. The molecule has 0 spiro atoms. The van der Waals surface area contributed by atoms with Crippen molar-refractivity contribution >= 4 is 22.3 Å². The molecule has 1 aliphatic rings. The molecule has 104 valence electrons. The number of amidine groups is 1. The van der Waals surface area contributed by atoms with Gasteiger partial charge in [-0.1, -0.05) is 38.1 Å². The van der Waals surface area contributed by atoms with Crippen molar-refractivity contribution in [3.8, 4) is 0 Å². The van der Waals surface area contributed by atoms with Gasteiger partial charge in [-0.05, 0) is 29.4 Å². The van der Waals surface area contributed by atoms with Gasteiger partial charge >= 0.3 is 0 Å². The highest BCUT2D eigenvalue weighted by molar-refractivity contribution is 6.10. The fourth-order valence-electron chi connectivity index (χ4n) is 3.12. The third kappa shape index (κ3) is 2.03. The lowest BCUT2D eigenvalue weighted by Crippen LogP contribution is -2.20. The lowest BCUT2D eigenvalue weighted by molar-refractivity contribution is 0.494. The standard InChI is InChI=1S/C17H21N3/c1-11-9-20(10-12(11)2)16-8-7-15(17(18)19)13-5-3-4-6-14(13)16/h3-8,11-12H,9-10H2,1-2H3,(H3,18,19). The van der Waals surface area contributed by atoms with Gasteiger partial charge in [-0.3, -0.25) is 5.41 Å². The summed E-state index contributed by atoms with van der Waals surface area (Å²) in [5.74, 6) is 1.58. The topological polar surface area (TPSA) is 53.1 Å². The van der Waals surface area contributed by atoms with Gasteiger partial charge in [0.15, 0.2) is 0 Å². The Morgan fingerprint density at radius 3 is 2.25 bits per heavy atom. The summed E-state index contributed by atoms with van der Waals surface area (Å²) < 4.78 is 0. The molecule has 3 rings (SSSR count). The van der Waals surface area contributed by atoms with Gasteiger partial charge in [0, 0.05) is 29.7 Å². The second-order valence-electron chi connectivity index (χ2n) is 5.95. The van der Waals surface area contributed by atoms with Crippen molar-refractivity contribution < 1.29 is 0 Å². The number of anilines is 1. The van der Waals surface area contributed by atoms with Crippen LogP contribution in [0.3, 0.4) is 0 Å². The third-order valence-electron chi connectivity index (χ3n) is 4.52. The van der Waals surface area contributed by atoms with Crippen LogP contribution in [0.25, 0.3) is 10.8 Å². The first kappa shape index (κ1) is 13.0. The summed E-state index contributed by atoms with van der Waals surface area (Å²) in [5, 5.41) is 10.00. The van der Waals surface area contributed by atoms with E-state index in [9.17, 15) is 0 Å². The van der Waals surface area contributed by atoms with Crippen LogP contribution in [0, 0.1) is 17.2 Å². The van der Waals surface area contributed by atoms with Crippen LogP contribution in [0.15, 0.2) is 36.4 Å². The SMILES string of the molecule is CC1CN(c2ccc(C(=N)N)c3ccccc23)CC1C. The molecule has 0 aromatic heterocycles. The minimum Gasteiger partial charge on any atom is -0.384 e. The number of rotatable bonds is 2. The summed E-state index contributed by atoms with van der Waals surface area (Å²) in [5.41, 5.74) is 7.79. The first-order chi connectivity index (χ1) is 9.58. The zero-order valence-corrected chi connectivity index (χ0v) is 12.1. The first-order valence-corrected chi connectivity index (χ1v) is 7.19. The Kier molecular flexibility index (Phi) is 3.13. The molecule has 2 unspecified atom stereocenters. The Labute approximate surface area is 119 Å². The van der Waals surface area contributed by atoms with E-state index in [-0.39, 0.29) is 5.84 Å². The van der Waals surface area contributed by atoms with Crippen LogP contribution >= 0.6 is 0 Å². The molecule has 2 atom stereocenters. The number of nitrogen functional groups attached to an aromatic ring is 1. The molecule has 20 heavy (non-hydrogen) atoms. The van der Waals surface area contributed by atoms with Crippen molar-refractivity contribution in [2.24, 2.45) is 17.6 Å². The number of nitrogens with two attached hydrogens (primary N) is 1. The zero-order valence-electron chi connectivity index (χ0n) is 12.1. The van der Waals surface area contributed by atoms with Gasteiger partial charge in [-0.25, -0.2) is 0 Å². The molecule has 1 fully saturated rings. The maximum absolute atomic E-state index is 7.73. The van der Waals surface area contributed by atoms with E-state index in [1.54, 1.807) is 0 Å². The molecule has 1 saturated heterocycles. The summed E-state index contributed by atoms with van der Waals surface area (Å²) in [6.45, 7) is 6.84. The van der Waals surface area contributed by atoms with Crippen molar-refractivity contribution in [2.75, 3.05) is 18.0 Å². The second kappa shape index (κ2) is 4.82. The number of hydrogen-bond donors (Lipinski definition) is 2. The monoisotopic (exact) mass is 267 g/mol. The maximum Gasteiger partial charge on any atom is 0.123 e. The van der Waals surface area contributed by atoms with Gasteiger partial charge in [0.05, 0.1) is 0 Å². The second-order valence-corrected chi connectivity index (χ2v) is 5.95. The summed E-state index contributed by atoms with van der Waals surface area (Å²) in [6, 6.07) is 12.3. The Morgan fingerprint density at radius 2 is 1.65 bits per heavy atom. The molecule has 0 amide bonds. The Balaban J connectivity index is 2.14. The molecule has 2 aromatic rings. The van der Waals surface area contributed by atoms with E-state index < -0.39 is 0 Å². The summed E-state index contributed by atoms with van der Waals surface area (Å²) in [6.07, 6.45) is 0. The van der Waals surface area contributed by atoms with Crippen LogP contribution in [-0.2, 0) is 0 Å². The smallest absolute Gasteiger partial charge is 0.123 e. The highest BCUT2D eigenvalue weighted by Crippen LogP contribution is 2.34. The molecule has 0 saturated carbocycles. The summed E-state index contributed by atoms with van der Waals surface area (Å²) >= 11 is 0. The minimum atomic E-state index is 0.135. The molecule has 3 nitrogen and oxygen atoms in total. The van der Waals surface area contributed by atoms with E-state index >= 15 is 0 Å². The van der Waals surface area contributed by atoms with Crippen LogP contribution in [-0.4, -0.2) is 18.9 Å². The molecule has 1 heterocycles. The van der Waals surface area contributed by atoms with Crippen LogP contribution in [0.5, 0.6) is 0 Å². The van der Waals surface area contributed by atoms with Crippen molar-refractivity contribution in [1.82, 2.24) is 0 Å². The normalized spacial score (nSPS) is 22.4. The highest BCUT2D eigenvalue weighted by atomic mass is 15.2. The predicted molar refractivity (Wildman–Crippen MR) is 85.5 cm³/mol. The Morgan fingerprint density at radius 1 is 1.05 bits per heavy atom. The number of benzene rings is 2. The Bertz CT molecular complexity index is 652. The summed E-state index contributed by atoms with van der Waals surface area (Å²) in [7, 11) is 0. The molecular weight excluding hydrogens is 246 g/mol. The number of hydrogen-bond acceptors (Lipinski definition) is 2. The van der Waals surface area contributed by atoms with Crippen molar-refractivity contribution in [1.29, 1.82) is 5.41 Å². The van der Waals surface area contributed by atoms with Gasteiger partial charge in [-0.15, -0.1) is 0 Å². The van der Waals surface area contributed by atoms with Gasteiger partial charge in [0.25, 0.3) is 0 Å². The minimum absolute atomic E-state index is 0.135. The van der Waals surface area contributed by atoms with Gasteiger partial charge < -0.3 is 10.6 Å². The number of fused-ring (bicyclic) bond motifs is 1. The van der Waals surface area contributed by atoms with E-state index in [1.165, 1.54) is 11.1 Å². The van der Waals surface area contributed by atoms with Gasteiger partial charge in [0.1, 0.15) is 5.84 Å². The zero-order chi connectivity index (χ0) is 14.3. The largest absolute Gasteiger partial charge is 0.384 e. The van der Waals surface area contributed by atoms with Gasteiger partial charge in [0.2, 0.25) is 0 Å². The molecule has 2 aromatic carbocycles. The lowest BCUT2D eigenvalue weighted by Gasteiger charge is -2.21. The number of nitrogens with zero attached hydrogens (tertiary/aromatic N) is 1. The van der Waals surface area contributed by atoms with Crippen LogP contribution in [0.2, 0.25) is 0 Å². The van der Waals surface area contributed by atoms with Crippen LogP contribution in [0.1, 0.15) is 19.4 Å². The average molecular weight is 267 g/mol. The lowest BCUT2D eigenvalue weighted by atomic mass is 10.0. The van der Waals surface area contributed by atoms with Crippen LogP contribution < -0.4 is 10.6 Å². The predicted octanol–water partition coefficient (Wildman–Crippen LogP) is 3.22. The molecule has 3 heteroatoms. The Hall–Kier alpha value is -2.03. The fraction of sp³-hybridized carbons (Fsp3) is 0.353. The van der Waals surface area contributed by atoms with E-state index in [0.717, 1.165) is 35.9 Å². The summed E-state index contributed by atoms with van der Waals surface area (Å²) in [4.78, 5) is 2.46. The molecule has 0 radical (unpaired) electrons. The molecule has 0 bridgehead atoms. The van der Waals surface area contributed by atoms with Crippen molar-refractivity contribution in [3.63, 3.8) is 0 Å². The third-order valence-corrected chi connectivity index (χ3v) is 4.52. The molecule has 0 aliphatic carbocycles. The number of nitrogens with one attached hydrogen (secondary N) is 1. The maximum atomic E-state index is 7.73. The van der Waals surface area contributed by atoms with Crippen molar-refractivity contribution in [2.45, 2.75) is 13.8 Å². The van der Waals surface area contributed by atoms with E-state index in [1.807, 2.05) is 12.1 Å². The highest BCUT2D eigenvalue weighted by Gasteiger charge is 2.27. The quantitative estimate of drug-likeness (QED) is 0.648. The van der Waals surface area contributed by atoms with Crippen molar-refractivity contribution in [3.05, 3.63) is 42.0 Å².